The molecule has 17 heavy (non-hydrogen) atoms. The third-order valence-corrected chi connectivity index (χ3v) is 4.38. The van der Waals surface area contributed by atoms with Crippen LogP contribution in [0.1, 0.15) is 44.9 Å². The molecule has 2 N–H and O–H groups in total. The smallest absolute Gasteiger partial charge is 0.303 e. The summed E-state index contributed by atoms with van der Waals surface area (Å²) in [5, 5.41) is 18.5. The first-order chi connectivity index (χ1) is 8.18. The van der Waals surface area contributed by atoms with Gasteiger partial charge >= 0.3 is 5.97 Å². The zero-order valence-corrected chi connectivity index (χ0v) is 10.2. The van der Waals surface area contributed by atoms with Crippen molar-refractivity contribution in [3.8, 4) is 0 Å². The van der Waals surface area contributed by atoms with E-state index in [1.54, 1.807) is 0 Å². The standard InChI is InChI=1S/C14H22O3/c15-13(16)6-4-2-1-3-5-12-10-7-8-11(9-10)14(12)17/h1,3,10-12,14,17H,2,4-9H2,(H,15,16)/b3-1-/t10-,11+,12-,14+/m0/s1. The van der Waals surface area contributed by atoms with Crippen LogP contribution < -0.4 is 0 Å². The number of unbranched alkanes of at least 4 members (excludes halogenated alkanes) is 1. The van der Waals surface area contributed by atoms with Gasteiger partial charge in [0.05, 0.1) is 6.10 Å². The molecule has 0 aliphatic heterocycles. The Bertz CT molecular complexity index is 296. The highest BCUT2D eigenvalue weighted by Gasteiger charge is 2.45. The lowest BCUT2D eigenvalue weighted by Crippen LogP contribution is -2.26. The van der Waals surface area contributed by atoms with Gasteiger partial charge in [-0.15, -0.1) is 0 Å². The van der Waals surface area contributed by atoms with Gasteiger partial charge in [0.2, 0.25) is 0 Å². The molecule has 2 saturated carbocycles. The van der Waals surface area contributed by atoms with E-state index in [-0.39, 0.29) is 12.5 Å². The Balaban J connectivity index is 1.65. The van der Waals surface area contributed by atoms with Crippen molar-refractivity contribution < 1.29 is 15.0 Å². The first-order valence-electron chi connectivity index (χ1n) is 6.73. The van der Waals surface area contributed by atoms with E-state index in [0.717, 1.165) is 18.8 Å². The molecular weight excluding hydrogens is 216 g/mol. The van der Waals surface area contributed by atoms with Crippen LogP contribution in [0.25, 0.3) is 0 Å². The SMILES string of the molecule is O=C(O)CCC/C=C\C[C@H]1[C@H]2CC[C@H](C2)[C@H]1O. The maximum atomic E-state index is 10.3. The lowest BCUT2D eigenvalue weighted by Gasteiger charge is -2.25. The van der Waals surface area contributed by atoms with Crippen LogP contribution in [0.4, 0.5) is 0 Å². The van der Waals surface area contributed by atoms with Gasteiger partial charge < -0.3 is 10.2 Å². The van der Waals surface area contributed by atoms with E-state index in [4.69, 9.17) is 5.11 Å². The van der Waals surface area contributed by atoms with E-state index < -0.39 is 5.97 Å². The van der Waals surface area contributed by atoms with Gasteiger partial charge in [-0.05, 0) is 56.3 Å². The molecule has 2 rings (SSSR count). The zero-order valence-electron chi connectivity index (χ0n) is 10.2. The maximum absolute atomic E-state index is 10.3. The van der Waals surface area contributed by atoms with Crippen LogP contribution in [0, 0.1) is 17.8 Å². The molecule has 0 saturated heterocycles. The Morgan fingerprint density at radius 1 is 1.24 bits per heavy atom. The summed E-state index contributed by atoms with van der Waals surface area (Å²) in [5.41, 5.74) is 0. The van der Waals surface area contributed by atoms with E-state index in [9.17, 15) is 9.90 Å². The molecule has 0 heterocycles. The monoisotopic (exact) mass is 238 g/mol. The number of carbonyl (C=O) groups is 1. The van der Waals surface area contributed by atoms with Crippen LogP contribution in [-0.4, -0.2) is 22.3 Å². The van der Waals surface area contributed by atoms with Crippen LogP contribution in [0.2, 0.25) is 0 Å². The number of allylic oxidation sites excluding steroid dienone is 2. The lowest BCUT2D eigenvalue weighted by atomic mass is 9.84. The van der Waals surface area contributed by atoms with Gasteiger partial charge in [0.15, 0.2) is 0 Å². The average molecular weight is 238 g/mol. The second-order valence-electron chi connectivity index (χ2n) is 5.48. The highest BCUT2D eigenvalue weighted by molar-refractivity contribution is 5.66. The fourth-order valence-electron chi connectivity index (χ4n) is 3.45. The Morgan fingerprint density at radius 3 is 2.65 bits per heavy atom. The molecule has 2 aliphatic carbocycles. The third kappa shape index (κ3) is 3.09. The number of aliphatic hydroxyl groups excluding tert-OH is 1. The number of carboxylic acid groups (broad SMARTS) is 1. The fraction of sp³-hybridized carbons (Fsp3) is 0.786. The second-order valence-corrected chi connectivity index (χ2v) is 5.48. The molecule has 0 unspecified atom stereocenters. The largest absolute Gasteiger partial charge is 0.481 e. The summed E-state index contributed by atoms with van der Waals surface area (Å²) >= 11 is 0. The lowest BCUT2D eigenvalue weighted by molar-refractivity contribution is -0.137. The normalized spacial score (nSPS) is 35.8. The Labute approximate surface area is 103 Å². The quantitative estimate of drug-likeness (QED) is 0.552. The van der Waals surface area contributed by atoms with Crippen molar-refractivity contribution in [2.24, 2.45) is 17.8 Å². The van der Waals surface area contributed by atoms with Crippen molar-refractivity contribution >= 4 is 5.97 Å². The fourth-order valence-corrected chi connectivity index (χ4v) is 3.45. The van der Waals surface area contributed by atoms with Gasteiger partial charge in [-0.3, -0.25) is 4.79 Å². The molecule has 0 radical (unpaired) electrons. The number of aliphatic hydroxyl groups is 1. The van der Waals surface area contributed by atoms with Gasteiger partial charge in [-0.25, -0.2) is 0 Å². The molecule has 2 fully saturated rings. The summed E-state index contributed by atoms with van der Waals surface area (Å²) in [4.78, 5) is 10.3. The van der Waals surface area contributed by atoms with Gasteiger partial charge in [0.1, 0.15) is 0 Å². The summed E-state index contributed by atoms with van der Waals surface area (Å²) in [5.74, 6) is 1.04. The molecule has 0 aromatic heterocycles. The van der Waals surface area contributed by atoms with Crippen LogP contribution in [0.5, 0.6) is 0 Å². The number of fused-ring (bicyclic) bond motifs is 2. The highest BCUT2D eigenvalue weighted by Crippen LogP contribution is 2.49. The predicted octanol–water partition coefficient (Wildman–Crippen LogP) is 2.59. The number of hydrogen-bond acceptors (Lipinski definition) is 2. The predicted molar refractivity (Wildman–Crippen MR) is 65.6 cm³/mol. The Hall–Kier alpha value is -0.830. The van der Waals surface area contributed by atoms with Gasteiger partial charge in [0.25, 0.3) is 0 Å². The molecule has 96 valence electrons. The van der Waals surface area contributed by atoms with Crippen LogP contribution in [0.3, 0.4) is 0 Å². The van der Waals surface area contributed by atoms with Crippen molar-refractivity contribution in [1.29, 1.82) is 0 Å². The van der Waals surface area contributed by atoms with Gasteiger partial charge in [-0.2, -0.15) is 0 Å². The third-order valence-electron chi connectivity index (χ3n) is 4.38. The number of rotatable bonds is 6. The van der Waals surface area contributed by atoms with E-state index in [1.807, 2.05) is 0 Å². The highest BCUT2D eigenvalue weighted by atomic mass is 16.4. The molecule has 0 aromatic carbocycles. The van der Waals surface area contributed by atoms with Gasteiger partial charge in [-0.1, -0.05) is 12.2 Å². The second kappa shape index (κ2) is 5.67. The molecule has 2 aliphatic rings. The first kappa shape index (κ1) is 12.6. The van der Waals surface area contributed by atoms with E-state index in [1.165, 1.54) is 19.3 Å². The van der Waals surface area contributed by atoms with Crippen LogP contribution in [-0.2, 0) is 4.79 Å². The summed E-state index contributed by atoms with van der Waals surface area (Å²) < 4.78 is 0. The topological polar surface area (TPSA) is 57.5 Å². The Morgan fingerprint density at radius 2 is 2.00 bits per heavy atom. The van der Waals surface area contributed by atoms with E-state index in [0.29, 0.717) is 18.3 Å². The molecule has 4 atom stereocenters. The molecule has 3 heteroatoms. The van der Waals surface area contributed by atoms with E-state index in [2.05, 4.69) is 12.2 Å². The van der Waals surface area contributed by atoms with Crippen molar-refractivity contribution in [2.45, 2.75) is 51.0 Å². The molecular formula is C14H22O3. The van der Waals surface area contributed by atoms with Crippen LogP contribution in [0.15, 0.2) is 12.2 Å². The average Bonchev–Trinajstić information content (AvgIpc) is 2.85. The molecule has 0 amide bonds. The summed E-state index contributed by atoms with van der Waals surface area (Å²) in [7, 11) is 0. The molecule has 3 nitrogen and oxygen atoms in total. The van der Waals surface area contributed by atoms with Crippen molar-refractivity contribution in [3.63, 3.8) is 0 Å². The minimum Gasteiger partial charge on any atom is -0.481 e. The minimum atomic E-state index is -0.720. The first-order valence-corrected chi connectivity index (χ1v) is 6.73. The number of carboxylic acids is 1. The van der Waals surface area contributed by atoms with Crippen molar-refractivity contribution in [3.05, 3.63) is 12.2 Å². The summed E-state index contributed by atoms with van der Waals surface area (Å²) in [6, 6.07) is 0. The molecule has 2 bridgehead atoms. The minimum absolute atomic E-state index is 0.0857. The summed E-state index contributed by atoms with van der Waals surface area (Å²) in [6.45, 7) is 0. The number of aliphatic carboxylic acids is 1. The molecule has 0 aromatic rings. The zero-order chi connectivity index (χ0) is 12.3. The molecule has 0 spiro atoms. The summed E-state index contributed by atoms with van der Waals surface area (Å²) in [6.07, 6.45) is 10.6. The van der Waals surface area contributed by atoms with Gasteiger partial charge in [0, 0.05) is 6.42 Å². The van der Waals surface area contributed by atoms with Crippen molar-refractivity contribution in [2.75, 3.05) is 0 Å². The van der Waals surface area contributed by atoms with Crippen LogP contribution >= 0.6 is 0 Å². The number of hydrogen-bond donors (Lipinski definition) is 2. The maximum Gasteiger partial charge on any atom is 0.303 e. The Kier molecular flexibility index (Phi) is 4.21. The van der Waals surface area contributed by atoms with E-state index >= 15 is 0 Å². The van der Waals surface area contributed by atoms with Crippen molar-refractivity contribution in [1.82, 2.24) is 0 Å².